The largest absolute Gasteiger partial charge is 0.497 e. The van der Waals surface area contributed by atoms with Crippen LogP contribution in [0.25, 0.3) is 0 Å². The number of hydrogen-bond donors (Lipinski definition) is 0. The van der Waals surface area contributed by atoms with Gasteiger partial charge in [0.15, 0.2) is 0 Å². The summed E-state index contributed by atoms with van der Waals surface area (Å²) < 4.78 is 14.6. The van der Waals surface area contributed by atoms with Crippen LogP contribution in [-0.4, -0.2) is 24.9 Å². The first-order valence-electron chi connectivity index (χ1n) is 3.98. The number of carbonyl (C=O) groups is 1. The molecule has 0 atom stereocenters. The average Bonchev–Trinajstić information content (AvgIpc) is 2.18. The number of rotatable bonds is 4. The summed E-state index contributed by atoms with van der Waals surface area (Å²) in [4.78, 5) is 14.3. The molecule has 0 unspecified atom stereocenters. The first-order chi connectivity index (χ1) is 6.72. The van der Waals surface area contributed by atoms with Gasteiger partial charge >= 0.3 is 5.97 Å². The Morgan fingerprint density at radius 3 is 3.00 bits per heavy atom. The molecule has 1 aromatic rings. The molecule has 0 saturated heterocycles. The van der Waals surface area contributed by atoms with Crippen LogP contribution in [0.1, 0.15) is 6.92 Å². The van der Waals surface area contributed by atoms with Crippen LogP contribution in [0.3, 0.4) is 0 Å². The van der Waals surface area contributed by atoms with Crippen molar-refractivity contribution < 1.29 is 19.0 Å². The smallest absolute Gasteiger partial charge is 0.305 e. The normalized spacial score (nSPS) is 9.29. The Morgan fingerprint density at radius 2 is 2.36 bits per heavy atom. The average molecular weight is 197 g/mol. The van der Waals surface area contributed by atoms with E-state index in [1.54, 1.807) is 25.4 Å². The third-order valence-electron chi connectivity index (χ3n) is 1.41. The second kappa shape index (κ2) is 5.06. The standard InChI is InChI=1S/C9H11NO4/c1-7(11)13-6-14-9-5-8(12-2)3-4-10-9/h3-5H,6H2,1-2H3. The van der Waals surface area contributed by atoms with Gasteiger partial charge in [-0.05, 0) is 6.07 Å². The van der Waals surface area contributed by atoms with E-state index in [1.807, 2.05) is 0 Å². The molecule has 0 aliphatic heterocycles. The van der Waals surface area contributed by atoms with Gasteiger partial charge in [0.25, 0.3) is 0 Å². The number of hydrogen-bond acceptors (Lipinski definition) is 5. The molecule has 76 valence electrons. The highest BCUT2D eigenvalue weighted by Crippen LogP contribution is 2.15. The highest BCUT2D eigenvalue weighted by Gasteiger charge is 1.98. The quantitative estimate of drug-likeness (QED) is 0.532. The van der Waals surface area contributed by atoms with Crippen molar-refractivity contribution >= 4 is 5.97 Å². The van der Waals surface area contributed by atoms with Crippen molar-refractivity contribution in [1.82, 2.24) is 4.98 Å². The van der Waals surface area contributed by atoms with E-state index >= 15 is 0 Å². The Bertz CT molecular complexity index is 313. The zero-order valence-electron chi connectivity index (χ0n) is 8.02. The molecule has 1 rings (SSSR count). The van der Waals surface area contributed by atoms with Gasteiger partial charge in [0.05, 0.1) is 7.11 Å². The minimum absolute atomic E-state index is 0.143. The number of pyridine rings is 1. The Labute approximate surface area is 81.6 Å². The number of methoxy groups -OCH3 is 1. The predicted molar refractivity (Wildman–Crippen MR) is 48.1 cm³/mol. The van der Waals surface area contributed by atoms with Crippen molar-refractivity contribution in [3.8, 4) is 11.6 Å². The zero-order valence-corrected chi connectivity index (χ0v) is 8.02. The van der Waals surface area contributed by atoms with Crippen LogP contribution in [0.15, 0.2) is 18.3 Å². The van der Waals surface area contributed by atoms with Gasteiger partial charge in [-0.2, -0.15) is 0 Å². The van der Waals surface area contributed by atoms with Gasteiger partial charge in [-0.3, -0.25) is 4.79 Å². The van der Waals surface area contributed by atoms with E-state index in [-0.39, 0.29) is 6.79 Å². The molecule has 14 heavy (non-hydrogen) atoms. The summed E-state index contributed by atoms with van der Waals surface area (Å²) in [5.41, 5.74) is 0. The molecule has 0 bridgehead atoms. The summed E-state index contributed by atoms with van der Waals surface area (Å²) in [6.07, 6.45) is 1.54. The van der Waals surface area contributed by atoms with Crippen molar-refractivity contribution in [1.29, 1.82) is 0 Å². The molecular weight excluding hydrogens is 186 g/mol. The molecule has 0 fully saturated rings. The SMILES string of the molecule is COc1ccnc(OCOC(C)=O)c1. The van der Waals surface area contributed by atoms with Gasteiger partial charge < -0.3 is 14.2 Å². The summed E-state index contributed by atoms with van der Waals surface area (Å²) in [7, 11) is 1.55. The maximum absolute atomic E-state index is 10.4. The van der Waals surface area contributed by atoms with Gasteiger partial charge in [0, 0.05) is 19.2 Å². The Balaban J connectivity index is 2.46. The molecule has 0 saturated carbocycles. The summed E-state index contributed by atoms with van der Waals surface area (Å²) in [5, 5.41) is 0. The summed E-state index contributed by atoms with van der Waals surface area (Å²) in [5.74, 6) is 0.594. The molecule has 5 heteroatoms. The minimum atomic E-state index is -0.395. The zero-order chi connectivity index (χ0) is 10.4. The second-order valence-electron chi connectivity index (χ2n) is 2.43. The lowest BCUT2D eigenvalue weighted by Gasteiger charge is -2.05. The lowest BCUT2D eigenvalue weighted by atomic mass is 10.4. The van der Waals surface area contributed by atoms with Crippen LogP contribution >= 0.6 is 0 Å². The summed E-state index contributed by atoms with van der Waals surface area (Å²) in [6.45, 7) is 1.16. The number of nitrogens with zero attached hydrogens (tertiary/aromatic N) is 1. The Hall–Kier alpha value is -1.78. The van der Waals surface area contributed by atoms with E-state index in [0.29, 0.717) is 11.6 Å². The van der Waals surface area contributed by atoms with E-state index in [9.17, 15) is 4.79 Å². The third kappa shape index (κ3) is 3.30. The minimum Gasteiger partial charge on any atom is -0.497 e. The van der Waals surface area contributed by atoms with Crippen molar-refractivity contribution in [2.75, 3.05) is 13.9 Å². The van der Waals surface area contributed by atoms with Crippen LogP contribution in [0.5, 0.6) is 11.6 Å². The van der Waals surface area contributed by atoms with E-state index in [0.717, 1.165) is 0 Å². The highest BCUT2D eigenvalue weighted by atomic mass is 16.7. The Kier molecular flexibility index (Phi) is 3.72. The van der Waals surface area contributed by atoms with Gasteiger partial charge in [-0.15, -0.1) is 0 Å². The number of carbonyl (C=O) groups excluding carboxylic acids is 1. The van der Waals surface area contributed by atoms with Crippen LogP contribution < -0.4 is 9.47 Å². The second-order valence-corrected chi connectivity index (χ2v) is 2.43. The summed E-state index contributed by atoms with van der Waals surface area (Å²) in [6, 6.07) is 3.29. The molecular formula is C9H11NO4. The van der Waals surface area contributed by atoms with Crippen LogP contribution in [-0.2, 0) is 9.53 Å². The number of ether oxygens (including phenoxy) is 3. The molecule has 0 radical (unpaired) electrons. The fourth-order valence-electron chi connectivity index (χ4n) is 0.770. The molecule has 0 amide bonds. The lowest BCUT2D eigenvalue weighted by Crippen LogP contribution is -2.07. The van der Waals surface area contributed by atoms with E-state index < -0.39 is 5.97 Å². The maximum atomic E-state index is 10.4. The molecule has 0 N–H and O–H groups in total. The van der Waals surface area contributed by atoms with E-state index in [1.165, 1.54) is 6.92 Å². The first kappa shape index (κ1) is 10.3. The van der Waals surface area contributed by atoms with E-state index in [2.05, 4.69) is 9.72 Å². The monoisotopic (exact) mass is 197 g/mol. The molecule has 0 aliphatic carbocycles. The maximum Gasteiger partial charge on any atom is 0.305 e. The number of esters is 1. The molecule has 0 spiro atoms. The molecule has 5 nitrogen and oxygen atoms in total. The Morgan fingerprint density at radius 1 is 1.57 bits per heavy atom. The predicted octanol–water partition coefficient (Wildman–Crippen LogP) is 0.990. The first-order valence-corrected chi connectivity index (χ1v) is 3.98. The van der Waals surface area contributed by atoms with Gasteiger partial charge in [0.1, 0.15) is 5.75 Å². The molecule has 0 aromatic carbocycles. The third-order valence-corrected chi connectivity index (χ3v) is 1.41. The fraction of sp³-hybridized carbons (Fsp3) is 0.333. The molecule has 1 aromatic heterocycles. The summed E-state index contributed by atoms with van der Waals surface area (Å²) >= 11 is 0. The van der Waals surface area contributed by atoms with E-state index in [4.69, 9.17) is 9.47 Å². The van der Waals surface area contributed by atoms with Crippen LogP contribution in [0.2, 0.25) is 0 Å². The van der Waals surface area contributed by atoms with Crippen molar-refractivity contribution in [2.24, 2.45) is 0 Å². The molecule has 0 aliphatic rings. The van der Waals surface area contributed by atoms with Crippen molar-refractivity contribution in [2.45, 2.75) is 6.92 Å². The highest BCUT2D eigenvalue weighted by molar-refractivity contribution is 5.65. The number of aromatic nitrogens is 1. The van der Waals surface area contributed by atoms with Gasteiger partial charge in [-0.1, -0.05) is 0 Å². The van der Waals surface area contributed by atoms with Crippen molar-refractivity contribution in [3.63, 3.8) is 0 Å². The topological polar surface area (TPSA) is 57.6 Å². The van der Waals surface area contributed by atoms with Gasteiger partial charge in [0.2, 0.25) is 12.7 Å². The lowest BCUT2D eigenvalue weighted by molar-refractivity contribution is -0.147. The van der Waals surface area contributed by atoms with Crippen molar-refractivity contribution in [3.05, 3.63) is 18.3 Å². The molecule has 1 heterocycles. The van der Waals surface area contributed by atoms with Gasteiger partial charge in [-0.25, -0.2) is 4.98 Å². The van der Waals surface area contributed by atoms with Crippen LogP contribution in [0, 0.1) is 0 Å². The van der Waals surface area contributed by atoms with Crippen LogP contribution in [0.4, 0.5) is 0 Å². The fourth-order valence-corrected chi connectivity index (χ4v) is 0.770.